The van der Waals surface area contributed by atoms with Crippen LogP contribution in [-0.4, -0.2) is 55.5 Å². The Morgan fingerprint density at radius 2 is 2.08 bits per heavy atom. The van der Waals surface area contributed by atoms with Crippen molar-refractivity contribution in [2.75, 3.05) is 36.9 Å². The van der Waals surface area contributed by atoms with Crippen LogP contribution in [0.3, 0.4) is 0 Å². The Morgan fingerprint density at radius 1 is 1.44 bits per heavy atom. The fourth-order valence-corrected chi connectivity index (χ4v) is 5.18. The molecule has 136 valence electrons. The minimum Gasteiger partial charge on any atom is -0.306 e. The van der Waals surface area contributed by atoms with Crippen molar-refractivity contribution in [3.63, 3.8) is 0 Å². The summed E-state index contributed by atoms with van der Waals surface area (Å²) in [5.41, 5.74) is 0.0533. The number of non-ortho nitro benzene ring substituents is 1. The molecule has 0 atom stereocenters. The summed E-state index contributed by atoms with van der Waals surface area (Å²) in [4.78, 5) is 14.0. The second-order valence-corrected chi connectivity index (χ2v) is 8.92. The third kappa shape index (κ3) is 4.32. The van der Waals surface area contributed by atoms with Gasteiger partial charge in [0.2, 0.25) is 0 Å². The van der Waals surface area contributed by atoms with Crippen molar-refractivity contribution in [2.45, 2.75) is 23.0 Å². The van der Waals surface area contributed by atoms with Crippen molar-refractivity contribution >= 4 is 37.1 Å². The van der Waals surface area contributed by atoms with Crippen LogP contribution in [0.2, 0.25) is 0 Å². The first-order valence-electron chi connectivity index (χ1n) is 7.82. The van der Waals surface area contributed by atoms with Crippen LogP contribution in [0.1, 0.15) is 12.8 Å². The summed E-state index contributed by atoms with van der Waals surface area (Å²) in [6.45, 7) is 1.74. The van der Waals surface area contributed by atoms with Gasteiger partial charge < -0.3 is 4.90 Å². The largest absolute Gasteiger partial charge is 0.306 e. The summed E-state index contributed by atoms with van der Waals surface area (Å²) in [6, 6.07) is 6.28. The first-order chi connectivity index (χ1) is 11.8. The first kappa shape index (κ1) is 19.7. The molecular weight excluding hydrogens is 410 g/mol. The minimum absolute atomic E-state index is 0.0600. The molecule has 25 heavy (non-hydrogen) atoms. The average Bonchev–Trinajstić information content (AvgIpc) is 2.59. The maximum atomic E-state index is 13.2. The highest BCUT2D eigenvalue weighted by molar-refractivity contribution is 9.09. The lowest BCUT2D eigenvalue weighted by atomic mass is 10.1. The fraction of sp³-hybridized carbons (Fsp3) is 0.500. The number of nitrogens with zero attached hydrogens (tertiary/aromatic N) is 3. The third-order valence-electron chi connectivity index (χ3n) is 4.32. The zero-order valence-corrected chi connectivity index (χ0v) is 16.3. The average molecular weight is 430 g/mol. The fourth-order valence-electron chi connectivity index (χ4n) is 2.88. The van der Waals surface area contributed by atoms with Gasteiger partial charge in [0.05, 0.1) is 20.8 Å². The molecule has 1 aliphatic heterocycles. The van der Waals surface area contributed by atoms with E-state index in [0.29, 0.717) is 43.5 Å². The van der Waals surface area contributed by atoms with Gasteiger partial charge in [0, 0.05) is 30.1 Å². The Morgan fingerprint density at radius 3 is 2.60 bits per heavy atom. The SMILES string of the molecule is C#CN(CCBr)c1ccc([N+](=O)[O-])cc1S(=O)(=O)C1CCN(C)CC1. The highest BCUT2D eigenvalue weighted by atomic mass is 79.9. The molecule has 1 aromatic carbocycles. The summed E-state index contributed by atoms with van der Waals surface area (Å²) in [7, 11) is -1.79. The standard InChI is InChI=1S/C16H20BrN3O4S/c1-3-19(11-8-17)15-5-4-13(20(21)22)12-16(15)25(23,24)14-6-9-18(2)10-7-14/h1,4-5,12,14H,6-11H2,2H3. The molecule has 0 bridgehead atoms. The zero-order valence-electron chi connectivity index (χ0n) is 13.9. The van der Waals surface area contributed by atoms with Crippen LogP contribution >= 0.6 is 15.9 Å². The smallest absolute Gasteiger partial charge is 0.270 e. The van der Waals surface area contributed by atoms with E-state index in [-0.39, 0.29) is 10.6 Å². The van der Waals surface area contributed by atoms with E-state index in [2.05, 4.69) is 26.9 Å². The van der Waals surface area contributed by atoms with Gasteiger partial charge in [-0.15, -0.1) is 0 Å². The summed E-state index contributed by atoms with van der Waals surface area (Å²) in [6.07, 6.45) is 6.51. The number of alkyl halides is 1. The van der Waals surface area contributed by atoms with E-state index in [1.165, 1.54) is 17.0 Å². The monoisotopic (exact) mass is 429 g/mol. The second kappa shape index (κ2) is 8.17. The molecule has 0 N–H and O–H groups in total. The molecule has 1 fully saturated rings. The molecule has 0 amide bonds. The molecule has 1 aliphatic rings. The van der Waals surface area contributed by atoms with Crippen LogP contribution in [0.5, 0.6) is 0 Å². The van der Waals surface area contributed by atoms with Crippen molar-refractivity contribution < 1.29 is 13.3 Å². The van der Waals surface area contributed by atoms with E-state index >= 15 is 0 Å². The van der Waals surface area contributed by atoms with Gasteiger partial charge in [0.1, 0.15) is 0 Å². The van der Waals surface area contributed by atoms with Gasteiger partial charge in [0.15, 0.2) is 9.84 Å². The number of likely N-dealkylation sites (tertiary alicyclic amines) is 1. The van der Waals surface area contributed by atoms with Gasteiger partial charge in [-0.05, 0) is 39.0 Å². The molecule has 2 rings (SSSR count). The van der Waals surface area contributed by atoms with Crippen molar-refractivity contribution in [3.05, 3.63) is 28.3 Å². The summed E-state index contributed by atoms with van der Waals surface area (Å²) in [5.74, 6) is 0. The number of hydrogen-bond acceptors (Lipinski definition) is 6. The van der Waals surface area contributed by atoms with E-state index in [1.54, 1.807) is 0 Å². The third-order valence-corrected chi connectivity index (χ3v) is 6.96. The maximum Gasteiger partial charge on any atom is 0.270 e. The van der Waals surface area contributed by atoms with Crippen LogP contribution < -0.4 is 4.90 Å². The number of nitro groups is 1. The highest BCUT2D eigenvalue weighted by Crippen LogP contribution is 2.34. The minimum atomic E-state index is -3.73. The second-order valence-electron chi connectivity index (χ2n) is 5.93. The predicted molar refractivity (Wildman–Crippen MR) is 101 cm³/mol. The summed E-state index contributed by atoms with van der Waals surface area (Å²) >= 11 is 3.28. The molecule has 0 aliphatic carbocycles. The van der Waals surface area contributed by atoms with Crippen LogP contribution in [0, 0.1) is 22.6 Å². The topological polar surface area (TPSA) is 83.8 Å². The van der Waals surface area contributed by atoms with E-state index in [0.717, 1.165) is 6.07 Å². The predicted octanol–water partition coefficient (Wildman–Crippen LogP) is 2.25. The van der Waals surface area contributed by atoms with E-state index in [1.807, 2.05) is 7.05 Å². The van der Waals surface area contributed by atoms with Crippen molar-refractivity contribution in [1.82, 2.24) is 4.90 Å². The number of piperidine rings is 1. The number of rotatable bonds is 6. The van der Waals surface area contributed by atoms with Gasteiger partial charge in [-0.3, -0.25) is 15.0 Å². The van der Waals surface area contributed by atoms with Crippen molar-refractivity contribution in [1.29, 1.82) is 0 Å². The molecule has 7 nitrogen and oxygen atoms in total. The van der Waals surface area contributed by atoms with Crippen LogP contribution in [0.4, 0.5) is 11.4 Å². The summed E-state index contributed by atoms with van der Waals surface area (Å²) in [5, 5.41) is 11.1. The van der Waals surface area contributed by atoms with Crippen LogP contribution in [-0.2, 0) is 9.84 Å². The number of anilines is 1. The molecule has 0 spiro atoms. The van der Waals surface area contributed by atoms with E-state index in [9.17, 15) is 18.5 Å². The Bertz CT molecular complexity index is 783. The zero-order chi connectivity index (χ0) is 18.6. The molecular formula is C16H20BrN3O4S. The number of hydrogen-bond donors (Lipinski definition) is 0. The molecule has 0 aromatic heterocycles. The molecule has 1 aromatic rings. The molecule has 1 heterocycles. The lowest BCUT2D eigenvalue weighted by Crippen LogP contribution is -2.37. The summed E-state index contributed by atoms with van der Waals surface area (Å²) < 4.78 is 26.3. The Hall–Kier alpha value is -1.63. The molecule has 0 radical (unpaired) electrons. The lowest BCUT2D eigenvalue weighted by molar-refractivity contribution is -0.385. The van der Waals surface area contributed by atoms with Gasteiger partial charge in [-0.25, -0.2) is 8.42 Å². The van der Waals surface area contributed by atoms with Gasteiger partial charge in [-0.1, -0.05) is 22.4 Å². The Balaban J connectivity index is 2.54. The highest BCUT2D eigenvalue weighted by Gasteiger charge is 2.34. The number of nitro benzene ring substituents is 1. The van der Waals surface area contributed by atoms with Crippen LogP contribution in [0.15, 0.2) is 23.1 Å². The quantitative estimate of drug-likeness (QED) is 0.226. The van der Waals surface area contributed by atoms with Gasteiger partial charge in [-0.2, -0.15) is 0 Å². The van der Waals surface area contributed by atoms with Gasteiger partial charge >= 0.3 is 0 Å². The maximum absolute atomic E-state index is 13.2. The molecule has 0 saturated carbocycles. The van der Waals surface area contributed by atoms with E-state index < -0.39 is 20.0 Å². The molecule has 9 heteroatoms. The number of terminal acetylenes is 1. The lowest BCUT2D eigenvalue weighted by Gasteiger charge is -2.29. The Labute approximate surface area is 156 Å². The first-order valence-corrected chi connectivity index (χ1v) is 10.5. The number of benzene rings is 1. The van der Waals surface area contributed by atoms with Crippen molar-refractivity contribution in [3.8, 4) is 12.5 Å². The van der Waals surface area contributed by atoms with Gasteiger partial charge in [0.25, 0.3) is 5.69 Å². The van der Waals surface area contributed by atoms with E-state index in [4.69, 9.17) is 6.42 Å². The Kier molecular flexibility index (Phi) is 6.43. The number of sulfone groups is 1. The number of halogens is 1. The normalized spacial score (nSPS) is 16.4. The van der Waals surface area contributed by atoms with Crippen LogP contribution in [0.25, 0.3) is 0 Å². The van der Waals surface area contributed by atoms with Crippen molar-refractivity contribution in [2.24, 2.45) is 0 Å². The molecule has 1 saturated heterocycles. The molecule has 0 unspecified atom stereocenters.